The van der Waals surface area contributed by atoms with Crippen molar-refractivity contribution >= 4 is 10.0 Å². The number of nitrogens with two attached hydrogens (primary N) is 1. The summed E-state index contributed by atoms with van der Waals surface area (Å²) in [5.41, 5.74) is 5.22. The molecule has 0 aliphatic carbocycles. The van der Waals surface area contributed by atoms with E-state index in [-0.39, 0.29) is 13.1 Å². The topological polar surface area (TPSA) is 63.4 Å². The maximum Gasteiger partial charge on any atom is 0.350 e. The van der Waals surface area contributed by atoms with Crippen LogP contribution in [0.5, 0.6) is 0 Å². The van der Waals surface area contributed by atoms with Crippen LogP contribution in [-0.4, -0.2) is 37.6 Å². The van der Waals surface area contributed by atoms with Crippen molar-refractivity contribution < 1.29 is 17.2 Å². The average molecular weight is 244 g/mol. The Hall–Kier alpha value is -0.270. The highest BCUT2D eigenvalue weighted by Gasteiger charge is 2.34. The van der Waals surface area contributed by atoms with Gasteiger partial charge in [-0.2, -0.15) is 13.1 Å². The van der Waals surface area contributed by atoms with Gasteiger partial charge in [0, 0.05) is 19.1 Å². The van der Waals surface area contributed by atoms with Crippen LogP contribution in [0.4, 0.5) is 8.78 Å². The lowest BCUT2D eigenvalue weighted by Crippen LogP contribution is -2.45. The van der Waals surface area contributed by atoms with E-state index in [4.69, 9.17) is 5.73 Å². The normalized spacial score (nSPS) is 13.1. The van der Waals surface area contributed by atoms with Gasteiger partial charge in [-0.3, -0.25) is 0 Å². The van der Waals surface area contributed by atoms with Crippen molar-refractivity contribution in [3.05, 3.63) is 0 Å². The molecule has 0 saturated heterocycles. The van der Waals surface area contributed by atoms with Crippen molar-refractivity contribution in [2.75, 3.05) is 13.1 Å². The van der Waals surface area contributed by atoms with Crippen molar-refractivity contribution in [1.29, 1.82) is 0 Å². The average Bonchev–Trinajstić information content (AvgIpc) is 2.18. The number of nitrogens with zero attached hydrogens (tertiary/aromatic N) is 1. The first-order chi connectivity index (χ1) is 6.91. The lowest BCUT2D eigenvalue weighted by Gasteiger charge is -2.28. The van der Waals surface area contributed by atoms with Gasteiger partial charge in [-0.15, -0.1) is 0 Å². The number of halogens is 2. The molecule has 0 atom stereocenters. The van der Waals surface area contributed by atoms with Crippen LogP contribution >= 0.6 is 0 Å². The van der Waals surface area contributed by atoms with E-state index in [0.717, 1.165) is 4.31 Å². The summed E-state index contributed by atoms with van der Waals surface area (Å²) >= 11 is 0. The molecule has 0 spiro atoms. The summed E-state index contributed by atoms with van der Waals surface area (Å²) in [6.07, 6.45) is 1.00. The van der Waals surface area contributed by atoms with Crippen LogP contribution in [0.1, 0.15) is 26.7 Å². The van der Waals surface area contributed by atoms with Crippen molar-refractivity contribution in [2.24, 2.45) is 5.73 Å². The summed E-state index contributed by atoms with van der Waals surface area (Å²) in [5.74, 6) is -3.37. The smallest absolute Gasteiger partial charge is 0.329 e. The molecule has 0 fully saturated rings. The minimum atomic E-state index is -4.50. The Morgan fingerprint density at radius 3 is 2.00 bits per heavy atom. The molecule has 2 N–H and O–H groups in total. The fourth-order valence-corrected chi connectivity index (χ4v) is 2.72. The molecule has 0 aliphatic rings. The monoisotopic (exact) mass is 244 g/mol. The Bertz CT molecular complexity index is 266. The highest BCUT2D eigenvalue weighted by molar-refractivity contribution is 7.89. The molecular weight excluding hydrogens is 226 g/mol. The van der Waals surface area contributed by atoms with Gasteiger partial charge in [0.2, 0.25) is 0 Å². The first-order valence-electron chi connectivity index (χ1n) is 4.90. The van der Waals surface area contributed by atoms with E-state index in [1.54, 1.807) is 13.8 Å². The van der Waals surface area contributed by atoms with Crippen LogP contribution in [0.2, 0.25) is 0 Å². The number of rotatable bonds is 7. The Kier molecular flexibility index (Phi) is 6.23. The molecule has 0 aromatic carbocycles. The summed E-state index contributed by atoms with van der Waals surface area (Å²) in [4.78, 5) is 0. The molecule has 0 saturated carbocycles. The van der Waals surface area contributed by atoms with E-state index in [9.17, 15) is 17.2 Å². The maximum atomic E-state index is 12.3. The summed E-state index contributed by atoms with van der Waals surface area (Å²) in [6, 6.07) is -0.396. The lowest BCUT2D eigenvalue weighted by molar-refractivity contribution is 0.206. The minimum Gasteiger partial charge on any atom is -0.329 e. The number of alkyl halides is 2. The summed E-state index contributed by atoms with van der Waals surface area (Å²) in [5, 5.41) is 0. The first-order valence-corrected chi connectivity index (χ1v) is 6.40. The van der Waals surface area contributed by atoms with Gasteiger partial charge >= 0.3 is 5.76 Å². The minimum absolute atomic E-state index is 0.0441. The lowest BCUT2D eigenvalue weighted by atomic mass is 10.2. The van der Waals surface area contributed by atoms with E-state index in [1.165, 1.54) is 0 Å². The van der Waals surface area contributed by atoms with Crippen molar-refractivity contribution in [1.82, 2.24) is 4.31 Å². The molecule has 7 heteroatoms. The highest BCUT2D eigenvalue weighted by Crippen LogP contribution is 2.18. The molecular formula is C8H18F2N2O2S. The van der Waals surface area contributed by atoms with Gasteiger partial charge in [0.1, 0.15) is 0 Å². The standard InChI is InChI=1S/C8H18F2N2O2S/c1-3-7(4-2)12(6-5-11)15(13,14)8(9)10/h7-8H,3-6,11H2,1-2H3. The van der Waals surface area contributed by atoms with Crippen molar-refractivity contribution in [3.63, 3.8) is 0 Å². The Balaban J connectivity index is 4.95. The fourth-order valence-electron chi connectivity index (χ4n) is 1.44. The number of sulfonamides is 1. The SMILES string of the molecule is CCC(CC)N(CCN)S(=O)(=O)C(F)F. The third-order valence-electron chi connectivity index (χ3n) is 2.25. The zero-order valence-electron chi connectivity index (χ0n) is 8.99. The van der Waals surface area contributed by atoms with Crippen LogP contribution in [-0.2, 0) is 10.0 Å². The number of hydrogen-bond donors (Lipinski definition) is 1. The van der Waals surface area contributed by atoms with Crippen LogP contribution in [0.3, 0.4) is 0 Å². The van der Waals surface area contributed by atoms with Crippen molar-refractivity contribution in [3.8, 4) is 0 Å². The molecule has 92 valence electrons. The van der Waals surface area contributed by atoms with Gasteiger partial charge in [-0.1, -0.05) is 13.8 Å². The van der Waals surface area contributed by atoms with Gasteiger partial charge in [0.05, 0.1) is 0 Å². The Morgan fingerprint density at radius 2 is 1.73 bits per heavy atom. The van der Waals surface area contributed by atoms with Gasteiger partial charge in [-0.05, 0) is 12.8 Å². The number of hydrogen-bond acceptors (Lipinski definition) is 3. The quantitative estimate of drug-likeness (QED) is 0.726. The second-order valence-corrected chi connectivity index (χ2v) is 5.03. The second kappa shape index (κ2) is 6.34. The van der Waals surface area contributed by atoms with Gasteiger partial charge in [0.15, 0.2) is 0 Å². The molecule has 0 rings (SSSR count). The van der Waals surface area contributed by atoms with E-state index in [1.807, 2.05) is 0 Å². The molecule has 0 aliphatic heterocycles. The van der Waals surface area contributed by atoms with E-state index < -0.39 is 21.8 Å². The zero-order chi connectivity index (χ0) is 12.1. The van der Waals surface area contributed by atoms with E-state index in [0.29, 0.717) is 12.8 Å². The molecule has 0 unspecified atom stereocenters. The Morgan fingerprint density at radius 1 is 1.27 bits per heavy atom. The van der Waals surface area contributed by atoms with Gasteiger partial charge in [-0.25, -0.2) is 8.42 Å². The third kappa shape index (κ3) is 3.66. The summed E-state index contributed by atoms with van der Waals surface area (Å²) in [6.45, 7) is 3.51. The molecule has 0 heterocycles. The van der Waals surface area contributed by atoms with Crippen LogP contribution in [0, 0.1) is 0 Å². The molecule has 15 heavy (non-hydrogen) atoms. The van der Waals surface area contributed by atoms with Crippen LogP contribution < -0.4 is 5.73 Å². The molecule has 0 aromatic heterocycles. The predicted octanol–water partition coefficient (Wildman–Crippen LogP) is 0.988. The first kappa shape index (κ1) is 14.7. The van der Waals surface area contributed by atoms with Crippen molar-refractivity contribution in [2.45, 2.75) is 38.5 Å². The molecule has 0 bridgehead atoms. The van der Waals surface area contributed by atoms with Gasteiger partial charge < -0.3 is 5.73 Å². The predicted molar refractivity (Wildman–Crippen MR) is 55.1 cm³/mol. The Labute approximate surface area is 89.5 Å². The van der Waals surface area contributed by atoms with E-state index >= 15 is 0 Å². The molecule has 0 aromatic rings. The zero-order valence-corrected chi connectivity index (χ0v) is 9.80. The largest absolute Gasteiger partial charge is 0.350 e. The molecule has 0 radical (unpaired) electrons. The molecule has 0 amide bonds. The maximum absolute atomic E-state index is 12.3. The molecule has 4 nitrogen and oxygen atoms in total. The van der Waals surface area contributed by atoms with Crippen LogP contribution in [0.25, 0.3) is 0 Å². The summed E-state index contributed by atoms with van der Waals surface area (Å²) in [7, 11) is -4.50. The third-order valence-corrected chi connectivity index (χ3v) is 3.84. The highest BCUT2D eigenvalue weighted by atomic mass is 32.2. The van der Waals surface area contributed by atoms with Crippen LogP contribution in [0.15, 0.2) is 0 Å². The fraction of sp³-hybridized carbons (Fsp3) is 1.00. The second-order valence-electron chi connectivity index (χ2n) is 3.18. The van der Waals surface area contributed by atoms with Gasteiger partial charge in [0.25, 0.3) is 10.0 Å². The van der Waals surface area contributed by atoms with E-state index in [2.05, 4.69) is 0 Å². The summed E-state index contributed by atoms with van der Waals surface area (Å²) < 4.78 is 48.1.